The average molecular weight is 376 g/mol. The minimum atomic E-state index is -0.868. The molecule has 0 saturated heterocycles. The van der Waals surface area contributed by atoms with Gasteiger partial charge in [0.15, 0.2) is 6.61 Å². The summed E-state index contributed by atoms with van der Waals surface area (Å²) in [5.41, 5.74) is -0.674. The van der Waals surface area contributed by atoms with E-state index in [1.54, 1.807) is 20.8 Å². The van der Waals surface area contributed by atoms with Gasteiger partial charge in [0.05, 0.1) is 12.0 Å². The van der Waals surface area contributed by atoms with Crippen LogP contribution < -0.4 is 0 Å². The molecule has 0 atom stereocenters. The van der Waals surface area contributed by atoms with Crippen molar-refractivity contribution >= 4 is 24.1 Å². The molecule has 0 aromatic carbocycles. The fourth-order valence-corrected chi connectivity index (χ4v) is 1.43. The van der Waals surface area contributed by atoms with Gasteiger partial charge in [0, 0.05) is 14.1 Å². The van der Waals surface area contributed by atoms with Crippen molar-refractivity contribution in [2.24, 2.45) is 5.41 Å². The van der Waals surface area contributed by atoms with Gasteiger partial charge in [0.25, 0.3) is 0 Å². The summed E-state index contributed by atoms with van der Waals surface area (Å²) in [5.74, 6) is -1.36. The second kappa shape index (κ2) is 11.2. The number of carbonyl (C=O) groups is 4. The van der Waals surface area contributed by atoms with Gasteiger partial charge in [-0.15, -0.1) is 0 Å². The molecule has 0 aliphatic carbocycles. The molecule has 10 heteroatoms. The van der Waals surface area contributed by atoms with Crippen molar-refractivity contribution in [3.63, 3.8) is 0 Å². The van der Waals surface area contributed by atoms with Gasteiger partial charge < -0.3 is 18.9 Å². The number of carbonyl (C=O) groups excluding carboxylic acids is 4. The van der Waals surface area contributed by atoms with Gasteiger partial charge in [-0.2, -0.15) is 0 Å². The normalized spacial score (nSPS) is 10.5. The Bertz CT molecular complexity index is 506. The quantitative estimate of drug-likeness (QED) is 0.339. The minimum Gasteiger partial charge on any atom is -0.450 e. The standard InChI is InChI=1S/C16H28N2O8/c1-7-16(3,4)13(20)26-11-25-12(19)9-24-15(22)18(6)10-17(5)14(21)23-8-2/h7-11H2,1-6H3. The van der Waals surface area contributed by atoms with Crippen LogP contribution in [-0.4, -0.2) is 74.7 Å². The first-order chi connectivity index (χ1) is 12.0. The minimum absolute atomic E-state index is 0.0869. The van der Waals surface area contributed by atoms with Crippen molar-refractivity contribution in [3.8, 4) is 0 Å². The number of amides is 2. The Morgan fingerprint density at radius 3 is 1.88 bits per heavy atom. The molecule has 0 heterocycles. The first-order valence-electron chi connectivity index (χ1n) is 8.13. The average Bonchev–Trinajstić information content (AvgIpc) is 2.59. The molecule has 0 bridgehead atoms. The van der Waals surface area contributed by atoms with Crippen molar-refractivity contribution in [1.82, 2.24) is 9.80 Å². The molecular weight excluding hydrogens is 348 g/mol. The van der Waals surface area contributed by atoms with Gasteiger partial charge in [0.1, 0.15) is 6.67 Å². The van der Waals surface area contributed by atoms with Gasteiger partial charge in [-0.3, -0.25) is 14.6 Å². The largest absolute Gasteiger partial charge is 0.450 e. The predicted octanol–water partition coefficient (Wildman–Crippen LogP) is 1.58. The van der Waals surface area contributed by atoms with E-state index >= 15 is 0 Å². The summed E-state index contributed by atoms with van der Waals surface area (Å²) in [6.45, 7) is 5.84. The molecule has 150 valence electrons. The van der Waals surface area contributed by atoms with Crippen molar-refractivity contribution in [3.05, 3.63) is 0 Å². The third kappa shape index (κ3) is 8.54. The number of esters is 2. The molecule has 0 fully saturated rings. The van der Waals surface area contributed by atoms with Crippen LogP contribution in [0.2, 0.25) is 0 Å². The van der Waals surface area contributed by atoms with E-state index in [-0.39, 0.29) is 13.3 Å². The molecule has 0 radical (unpaired) electrons. The maximum Gasteiger partial charge on any atom is 0.411 e. The topological polar surface area (TPSA) is 112 Å². The second-order valence-corrected chi connectivity index (χ2v) is 6.09. The van der Waals surface area contributed by atoms with Crippen molar-refractivity contribution in [2.75, 3.05) is 40.8 Å². The molecule has 10 nitrogen and oxygen atoms in total. The zero-order valence-corrected chi connectivity index (χ0v) is 16.2. The summed E-state index contributed by atoms with van der Waals surface area (Å²) in [5, 5.41) is 0. The lowest BCUT2D eigenvalue weighted by Crippen LogP contribution is -2.41. The van der Waals surface area contributed by atoms with Crippen LogP contribution in [0.4, 0.5) is 9.59 Å². The summed E-state index contributed by atoms with van der Waals surface area (Å²) in [4.78, 5) is 48.6. The zero-order chi connectivity index (χ0) is 20.3. The SMILES string of the molecule is CCOC(=O)N(C)CN(C)C(=O)OCC(=O)OCOC(=O)C(C)(C)CC. The lowest BCUT2D eigenvalue weighted by molar-refractivity contribution is -0.175. The summed E-state index contributed by atoms with van der Waals surface area (Å²) >= 11 is 0. The predicted molar refractivity (Wildman–Crippen MR) is 89.9 cm³/mol. The van der Waals surface area contributed by atoms with Crippen LogP contribution in [0, 0.1) is 5.41 Å². The summed E-state index contributed by atoms with van der Waals surface area (Å²) in [6, 6.07) is 0. The first-order valence-corrected chi connectivity index (χ1v) is 8.13. The highest BCUT2D eigenvalue weighted by atomic mass is 16.7. The monoisotopic (exact) mass is 376 g/mol. The Morgan fingerprint density at radius 2 is 1.38 bits per heavy atom. The molecule has 0 saturated carbocycles. The summed E-state index contributed by atoms with van der Waals surface area (Å²) in [7, 11) is 2.83. The van der Waals surface area contributed by atoms with Crippen LogP contribution >= 0.6 is 0 Å². The molecule has 0 spiro atoms. The molecule has 26 heavy (non-hydrogen) atoms. The molecule has 0 aromatic rings. The maximum absolute atomic E-state index is 11.7. The molecule has 0 unspecified atom stereocenters. The van der Waals surface area contributed by atoms with Gasteiger partial charge in [0.2, 0.25) is 6.79 Å². The fraction of sp³-hybridized carbons (Fsp3) is 0.750. The Balaban J connectivity index is 4.13. The van der Waals surface area contributed by atoms with Gasteiger partial charge in [-0.25, -0.2) is 14.4 Å². The maximum atomic E-state index is 11.7. The molecular formula is C16H28N2O8. The Kier molecular flexibility index (Phi) is 10.1. The van der Waals surface area contributed by atoms with E-state index in [4.69, 9.17) is 14.2 Å². The lowest BCUT2D eigenvalue weighted by atomic mass is 9.91. The highest BCUT2D eigenvalue weighted by Crippen LogP contribution is 2.21. The van der Waals surface area contributed by atoms with Gasteiger partial charge >= 0.3 is 24.1 Å². The smallest absolute Gasteiger partial charge is 0.411 e. The first kappa shape index (κ1) is 23.5. The fourth-order valence-electron chi connectivity index (χ4n) is 1.43. The molecule has 2 amide bonds. The van der Waals surface area contributed by atoms with Crippen molar-refractivity contribution in [1.29, 1.82) is 0 Å². The number of ether oxygens (including phenoxy) is 4. The van der Waals surface area contributed by atoms with Crippen LogP contribution in [0.3, 0.4) is 0 Å². The van der Waals surface area contributed by atoms with E-state index in [9.17, 15) is 19.2 Å². The van der Waals surface area contributed by atoms with Crippen LogP contribution in [0.25, 0.3) is 0 Å². The highest BCUT2D eigenvalue weighted by Gasteiger charge is 2.27. The number of hydrogen-bond acceptors (Lipinski definition) is 8. The van der Waals surface area contributed by atoms with Crippen LogP contribution in [0.15, 0.2) is 0 Å². The van der Waals surface area contributed by atoms with E-state index in [2.05, 4.69) is 4.74 Å². The molecule has 0 aliphatic rings. The Hall–Kier alpha value is -2.52. The Morgan fingerprint density at radius 1 is 0.846 bits per heavy atom. The third-order valence-corrected chi connectivity index (χ3v) is 3.48. The summed E-state index contributed by atoms with van der Waals surface area (Å²) < 4.78 is 19.0. The van der Waals surface area contributed by atoms with Crippen molar-refractivity contribution in [2.45, 2.75) is 34.1 Å². The number of nitrogens with zero attached hydrogens (tertiary/aromatic N) is 2. The third-order valence-electron chi connectivity index (χ3n) is 3.48. The molecule has 0 aliphatic heterocycles. The highest BCUT2D eigenvalue weighted by molar-refractivity contribution is 5.77. The second-order valence-electron chi connectivity index (χ2n) is 6.09. The van der Waals surface area contributed by atoms with E-state index in [0.29, 0.717) is 6.42 Å². The van der Waals surface area contributed by atoms with Gasteiger partial charge in [-0.1, -0.05) is 6.92 Å². The van der Waals surface area contributed by atoms with E-state index < -0.39 is 42.9 Å². The van der Waals surface area contributed by atoms with E-state index in [0.717, 1.165) is 9.80 Å². The van der Waals surface area contributed by atoms with Crippen LogP contribution in [0.5, 0.6) is 0 Å². The van der Waals surface area contributed by atoms with E-state index in [1.807, 2.05) is 6.92 Å². The zero-order valence-electron chi connectivity index (χ0n) is 16.2. The van der Waals surface area contributed by atoms with E-state index in [1.165, 1.54) is 14.1 Å². The molecule has 0 rings (SSSR count). The number of rotatable bonds is 9. The van der Waals surface area contributed by atoms with Gasteiger partial charge in [-0.05, 0) is 27.2 Å². The molecule has 0 N–H and O–H groups in total. The van der Waals surface area contributed by atoms with Crippen LogP contribution in [0.1, 0.15) is 34.1 Å². The van der Waals surface area contributed by atoms with Crippen molar-refractivity contribution < 1.29 is 38.1 Å². The van der Waals surface area contributed by atoms with Crippen LogP contribution in [-0.2, 0) is 28.5 Å². The Labute approximate surface area is 153 Å². The summed E-state index contributed by atoms with van der Waals surface area (Å²) in [6.07, 6.45) is -0.852. The molecule has 0 aromatic heterocycles. The lowest BCUT2D eigenvalue weighted by Gasteiger charge is -2.23. The number of hydrogen-bond donors (Lipinski definition) is 0.